The zero-order valence-electron chi connectivity index (χ0n) is 12.2. The minimum absolute atomic E-state index is 0.0621. The molecule has 106 valence electrons. The Morgan fingerprint density at radius 2 is 1.94 bits per heavy atom. The number of guanidine groups is 1. The second-order valence-corrected chi connectivity index (χ2v) is 4.50. The molecule has 0 aliphatic heterocycles. The average molecular weight is 257 g/mol. The van der Waals surface area contributed by atoms with E-state index < -0.39 is 0 Å². The average Bonchev–Trinajstić information content (AvgIpc) is 2.28. The van der Waals surface area contributed by atoms with Gasteiger partial charge in [0.2, 0.25) is 0 Å². The first-order valence-corrected chi connectivity index (χ1v) is 6.73. The summed E-state index contributed by atoms with van der Waals surface area (Å²) >= 11 is 0. The number of hydrogen-bond acceptors (Lipinski definition) is 3. The van der Waals surface area contributed by atoms with Gasteiger partial charge in [0, 0.05) is 12.6 Å². The van der Waals surface area contributed by atoms with Gasteiger partial charge in [-0.1, -0.05) is 6.92 Å². The molecule has 0 aromatic heterocycles. The van der Waals surface area contributed by atoms with Crippen LogP contribution in [0.3, 0.4) is 0 Å². The van der Waals surface area contributed by atoms with E-state index in [1.807, 2.05) is 20.8 Å². The minimum atomic E-state index is -0.201. The van der Waals surface area contributed by atoms with Gasteiger partial charge in [-0.3, -0.25) is 9.79 Å². The SMILES string of the molecule is CCNC(=NCCC(=O)OC(C)C)NC(C)CC. The maximum absolute atomic E-state index is 11.3. The van der Waals surface area contributed by atoms with Crippen molar-refractivity contribution in [1.82, 2.24) is 10.6 Å². The molecule has 0 aliphatic carbocycles. The van der Waals surface area contributed by atoms with Gasteiger partial charge in [-0.15, -0.1) is 0 Å². The van der Waals surface area contributed by atoms with Crippen molar-refractivity contribution in [3.63, 3.8) is 0 Å². The molecule has 2 N–H and O–H groups in total. The highest BCUT2D eigenvalue weighted by Crippen LogP contribution is 1.94. The first kappa shape index (κ1) is 16.7. The van der Waals surface area contributed by atoms with Gasteiger partial charge in [-0.2, -0.15) is 0 Å². The highest BCUT2D eigenvalue weighted by atomic mass is 16.5. The van der Waals surface area contributed by atoms with Gasteiger partial charge in [0.05, 0.1) is 19.1 Å². The molecule has 0 spiro atoms. The first-order valence-electron chi connectivity index (χ1n) is 6.73. The van der Waals surface area contributed by atoms with E-state index in [-0.39, 0.29) is 12.1 Å². The van der Waals surface area contributed by atoms with Crippen LogP contribution in [-0.2, 0) is 9.53 Å². The molecular weight excluding hydrogens is 230 g/mol. The topological polar surface area (TPSA) is 62.7 Å². The monoisotopic (exact) mass is 257 g/mol. The Kier molecular flexibility index (Phi) is 9.06. The van der Waals surface area contributed by atoms with Gasteiger partial charge in [0.25, 0.3) is 0 Å². The zero-order valence-corrected chi connectivity index (χ0v) is 12.2. The summed E-state index contributed by atoms with van der Waals surface area (Å²) in [6.07, 6.45) is 1.28. The number of rotatable bonds is 7. The number of hydrogen-bond donors (Lipinski definition) is 2. The molecule has 1 unspecified atom stereocenters. The van der Waals surface area contributed by atoms with E-state index in [2.05, 4.69) is 29.5 Å². The summed E-state index contributed by atoms with van der Waals surface area (Å²) in [6, 6.07) is 0.366. The number of ether oxygens (including phenoxy) is 1. The van der Waals surface area contributed by atoms with Crippen LogP contribution in [0.25, 0.3) is 0 Å². The van der Waals surface area contributed by atoms with Crippen LogP contribution in [0.2, 0.25) is 0 Å². The van der Waals surface area contributed by atoms with Crippen molar-refractivity contribution in [2.75, 3.05) is 13.1 Å². The van der Waals surface area contributed by atoms with Crippen molar-refractivity contribution in [2.45, 2.75) is 59.6 Å². The van der Waals surface area contributed by atoms with E-state index in [9.17, 15) is 4.79 Å². The third kappa shape index (κ3) is 8.84. The van der Waals surface area contributed by atoms with Gasteiger partial charge >= 0.3 is 5.97 Å². The molecule has 1 atom stereocenters. The van der Waals surface area contributed by atoms with E-state index >= 15 is 0 Å². The Morgan fingerprint density at radius 1 is 1.28 bits per heavy atom. The lowest BCUT2D eigenvalue weighted by Crippen LogP contribution is -2.42. The number of carbonyl (C=O) groups is 1. The summed E-state index contributed by atoms with van der Waals surface area (Å²) in [5.74, 6) is 0.553. The summed E-state index contributed by atoms with van der Waals surface area (Å²) in [5.41, 5.74) is 0. The second-order valence-electron chi connectivity index (χ2n) is 4.50. The smallest absolute Gasteiger partial charge is 0.307 e. The van der Waals surface area contributed by atoms with Crippen LogP contribution in [0.15, 0.2) is 4.99 Å². The van der Waals surface area contributed by atoms with Crippen LogP contribution in [-0.4, -0.2) is 37.2 Å². The molecule has 0 saturated carbocycles. The van der Waals surface area contributed by atoms with Crippen molar-refractivity contribution in [3.05, 3.63) is 0 Å². The molecule has 5 heteroatoms. The van der Waals surface area contributed by atoms with Crippen LogP contribution in [0.5, 0.6) is 0 Å². The summed E-state index contributed by atoms with van der Waals surface area (Å²) in [7, 11) is 0. The lowest BCUT2D eigenvalue weighted by Gasteiger charge is -2.16. The molecule has 0 aromatic rings. The highest BCUT2D eigenvalue weighted by Gasteiger charge is 2.06. The maximum Gasteiger partial charge on any atom is 0.307 e. The number of nitrogens with zero attached hydrogens (tertiary/aromatic N) is 1. The third-order valence-electron chi connectivity index (χ3n) is 2.29. The van der Waals surface area contributed by atoms with Crippen LogP contribution < -0.4 is 10.6 Å². The van der Waals surface area contributed by atoms with Crippen LogP contribution in [0, 0.1) is 0 Å². The Morgan fingerprint density at radius 3 is 2.44 bits per heavy atom. The van der Waals surface area contributed by atoms with Crippen molar-refractivity contribution in [1.29, 1.82) is 0 Å². The van der Waals surface area contributed by atoms with Crippen LogP contribution in [0.4, 0.5) is 0 Å². The van der Waals surface area contributed by atoms with E-state index in [0.29, 0.717) is 19.0 Å². The second kappa shape index (κ2) is 9.74. The van der Waals surface area contributed by atoms with E-state index in [1.54, 1.807) is 0 Å². The predicted octanol–water partition coefficient (Wildman–Crippen LogP) is 1.68. The van der Waals surface area contributed by atoms with Crippen LogP contribution in [0.1, 0.15) is 47.5 Å². The Hall–Kier alpha value is -1.26. The van der Waals surface area contributed by atoms with Gasteiger partial charge in [-0.25, -0.2) is 0 Å². The molecular formula is C13H27N3O2. The third-order valence-corrected chi connectivity index (χ3v) is 2.29. The number of aliphatic imine (C=N–C) groups is 1. The van der Waals surface area contributed by atoms with Gasteiger partial charge < -0.3 is 15.4 Å². The number of carbonyl (C=O) groups excluding carboxylic acids is 1. The fraction of sp³-hybridized carbons (Fsp3) is 0.846. The number of esters is 1. The zero-order chi connectivity index (χ0) is 14.0. The Labute approximate surface area is 110 Å². The highest BCUT2D eigenvalue weighted by molar-refractivity contribution is 5.80. The molecule has 5 nitrogen and oxygen atoms in total. The molecule has 0 bridgehead atoms. The first-order chi connectivity index (χ1) is 8.49. The standard InChI is InChI=1S/C13H27N3O2/c1-6-11(5)16-13(14-7-2)15-9-8-12(17)18-10(3)4/h10-11H,6-9H2,1-5H3,(H2,14,15,16). The maximum atomic E-state index is 11.3. The fourth-order valence-corrected chi connectivity index (χ4v) is 1.24. The van der Waals surface area contributed by atoms with Gasteiger partial charge in [0.1, 0.15) is 0 Å². The normalized spacial score (nSPS) is 13.3. The minimum Gasteiger partial charge on any atom is -0.463 e. The lowest BCUT2D eigenvalue weighted by atomic mass is 10.3. The molecule has 18 heavy (non-hydrogen) atoms. The van der Waals surface area contributed by atoms with Crippen LogP contribution >= 0.6 is 0 Å². The van der Waals surface area contributed by atoms with Crippen molar-refractivity contribution >= 4 is 11.9 Å². The number of nitrogens with one attached hydrogen (secondary N) is 2. The molecule has 0 heterocycles. The van der Waals surface area contributed by atoms with Crippen molar-refractivity contribution in [2.24, 2.45) is 4.99 Å². The summed E-state index contributed by atoms with van der Waals surface area (Å²) in [5, 5.41) is 6.42. The molecule has 0 aliphatic rings. The molecule has 0 aromatic carbocycles. The Bertz CT molecular complexity index is 265. The van der Waals surface area contributed by atoms with E-state index in [4.69, 9.17) is 4.74 Å². The van der Waals surface area contributed by atoms with Gasteiger partial charge in [0.15, 0.2) is 5.96 Å². The summed E-state index contributed by atoms with van der Waals surface area (Å²) in [6.45, 7) is 11.2. The molecule has 0 amide bonds. The van der Waals surface area contributed by atoms with E-state index in [0.717, 1.165) is 18.9 Å². The molecule has 0 fully saturated rings. The van der Waals surface area contributed by atoms with E-state index in [1.165, 1.54) is 0 Å². The molecule has 0 saturated heterocycles. The largest absolute Gasteiger partial charge is 0.463 e. The fourth-order valence-electron chi connectivity index (χ4n) is 1.24. The molecule has 0 rings (SSSR count). The van der Waals surface area contributed by atoms with Gasteiger partial charge in [-0.05, 0) is 34.1 Å². The summed E-state index contributed by atoms with van der Waals surface area (Å²) in [4.78, 5) is 15.7. The molecule has 0 radical (unpaired) electrons. The lowest BCUT2D eigenvalue weighted by molar-refractivity contribution is -0.147. The Balaban J connectivity index is 4.11. The van der Waals surface area contributed by atoms with Crippen molar-refractivity contribution < 1.29 is 9.53 Å². The summed E-state index contributed by atoms with van der Waals surface area (Å²) < 4.78 is 5.05. The van der Waals surface area contributed by atoms with Crippen molar-refractivity contribution in [3.8, 4) is 0 Å². The predicted molar refractivity (Wildman–Crippen MR) is 74.7 cm³/mol. The quantitative estimate of drug-likeness (QED) is 0.414.